The molecule has 2 aromatic carbocycles. The average molecular weight is 492 g/mol. The van der Waals surface area contributed by atoms with Gasteiger partial charge in [0, 0.05) is 11.9 Å². The van der Waals surface area contributed by atoms with Crippen molar-refractivity contribution in [1.82, 2.24) is 4.90 Å². The lowest BCUT2D eigenvalue weighted by atomic mass is 9.95. The van der Waals surface area contributed by atoms with Crippen LogP contribution in [-0.4, -0.2) is 35.2 Å². The van der Waals surface area contributed by atoms with Gasteiger partial charge in [0.1, 0.15) is 5.75 Å². The summed E-state index contributed by atoms with van der Waals surface area (Å²) >= 11 is 1.51. The number of fused-ring (bicyclic) bond motifs is 1. The Labute approximate surface area is 209 Å². The van der Waals surface area contributed by atoms with Crippen LogP contribution in [0.1, 0.15) is 42.1 Å². The molecule has 0 aromatic heterocycles. The molecule has 7 nitrogen and oxygen atoms in total. The number of rotatable bonds is 7. The zero-order valence-corrected chi connectivity index (χ0v) is 21.4. The van der Waals surface area contributed by atoms with Gasteiger partial charge in [0.05, 0.1) is 23.9 Å². The van der Waals surface area contributed by atoms with Crippen molar-refractivity contribution in [2.45, 2.75) is 40.7 Å². The van der Waals surface area contributed by atoms with E-state index in [0.717, 1.165) is 33.1 Å². The van der Waals surface area contributed by atoms with E-state index < -0.39 is 0 Å². The highest BCUT2D eigenvalue weighted by molar-refractivity contribution is 8.16. The molecule has 1 N–H and O–H groups in total. The summed E-state index contributed by atoms with van der Waals surface area (Å²) in [6, 6.07) is 11.1. The third-order valence-electron chi connectivity index (χ3n) is 5.82. The molecule has 1 unspecified atom stereocenters. The number of hydrogen-bond donors (Lipinski definition) is 1. The first-order valence-corrected chi connectivity index (χ1v) is 12.3. The Morgan fingerprint density at radius 3 is 2.43 bits per heavy atom. The lowest BCUT2D eigenvalue weighted by Gasteiger charge is -2.33. The highest BCUT2D eigenvalue weighted by atomic mass is 32.2. The standard InChI is InChI=1S/C27H29N3O4S/c1-6-33-26(32)23-19(5)28-27-30(11-12-35-27)25(23)20-7-9-21(10-8-20)34-15-22(31)29-24-17(3)13-16(2)14-18(24)4/h7-14,25H,6,15H2,1-5H3,(H,29,31). The van der Waals surface area contributed by atoms with Crippen molar-refractivity contribution in [1.29, 1.82) is 0 Å². The van der Waals surface area contributed by atoms with E-state index in [1.54, 1.807) is 19.1 Å². The SMILES string of the molecule is CCOC(=O)C1=C(C)N=C2SC=CN2C1c1ccc(OCC(=O)Nc2c(C)cc(C)cc2C)cc1. The van der Waals surface area contributed by atoms with Crippen LogP contribution in [0.15, 0.2) is 64.3 Å². The fourth-order valence-corrected chi connectivity index (χ4v) is 5.14. The Kier molecular flexibility index (Phi) is 7.31. The molecule has 2 aliphatic heterocycles. The molecule has 2 aromatic rings. The molecule has 35 heavy (non-hydrogen) atoms. The number of aliphatic imine (C=N–C) groups is 1. The maximum atomic E-state index is 12.8. The van der Waals surface area contributed by atoms with E-state index in [1.807, 2.05) is 68.5 Å². The maximum absolute atomic E-state index is 12.8. The third kappa shape index (κ3) is 5.27. The van der Waals surface area contributed by atoms with Crippen LogP contribution in [0.4, 0.5) is 5.69 Å². The van der Waals surface area contributed by atoms with Crippen LogP contribution in [0.3, 0.4) is 0 Å². The lowest BCUT2D eigenvalue weighted by molar-refractivity contribution is -0.139. The number of aryl methyl sites for hydroxylation is 3. The van der Waals surface area contributed by atoms with Gasteiger partial charge in [-0.3, -0.25) is 4.79 Å². The van der Waals surface area contributed by atoms with E-state index in [4.69, 9.17) is 9.47 Å². The summed E-state index contributed by atoms with van der Waals surface area (Å²) in [5.74, 6) is -0.0305. The Hall–Kier alpha value is -3.52. The number of nitrogens with zero attached hydrogens (tertiary/aromatic N) is 2. The van der Waals surface area contributed by atoms with Crippen molar-refractivity contribution in [2.24, 2.45) is 4.99 Å². The monoisotopic (exact) mass is 491 g/mol. The van der Waals surface area contributed by atoms with Crippen LogP contribution >= 0.6 is 11.8 Å². The summed E-state index contributed by atoms with van der Waals surface area (Å²) in [5.41, 5.74) is 6.07. The van der Waals surface area contributed by atoms with Gasteiger partial charge in [-0.25, -0.2) is 9.79 Å². The number of amides is 1. The van der Waals surface area contributed by atoms with E-state index in [1.165, 1.54) is 11.8 Å². The molecule has 0 radical (unpaired) electrons. The first-order chi connectivity index (χ1) is 16.8. The number of allylic oxidation sites excluding steroid dienone is 1. The van der Waals surface area contributed by atoms with Gasteiger partial charge in [0.15, 0.2) is 11.8 Å². The molecule has 8 heteroatoms. The minimum absolute atomic E-state index is 0.106. The van der Waals surface area contributed by atoms with Gasteiger partial charge in [-0.1, -0.05) is 41.6 Å². The van der Waals surface area contributed by atoms with Gasteiger partial charge in [-0.15, -0.1) is 0 Å². The summed E-state index contributed by atoms with van der Waals surface area (Å²) in [5, 5.41) is 5.71. The van der Waals surface area contributed by atoms with Crippen molar-refractivity contribution < 1.29 is 19.1 Å². The fourth-order valence-electron chi connectivity index (χ4n) is 4.35. The number of thioether (sulfide) groups is 1. The maximum Gasteiger partial charge on any atom is 0.338 e. The Balaban J connectivity index is 1.47. The number of amidine groups is 1. The van der Waals surface area contributed by atoms with E-state index in [9.17, 15) is 9.59 Å². The smallest absolute Gasteiger partial charge is 0.338 e. The molecule has 0 aliphatic carbocycles. The molecule has 0 fully saturated rings. The van der Waals surface area contributed by atoms with Crippen LogP contribution in [0.25, 0.3) is 0 Å². The molecule has 0 spiro atoms. The zero-order chi connectivity index (χ0) is 25.1. The van der Waals surface area contributed by atoms with Gasteiger partial charge in [0.25, 0.3) is 5.91 Å². The largest absolute Gasteiger partial charge is 0.484 e. The highest BCUT2D eigenvalue weighted by Gasteiger charge is 2.37. The predicted octanol–water partition coefficient (Wildman–Crippen LogP) is 5.40. The number of anilines is 1. The topological polar surface area (TPSA) is 80.2 Å². The van der Waals surface area contributed by atoms with Gasteiger partial charge < -0.3 is 19.7 Å². The van der Waals surface area contributed by atoms with Crippen LogP contribution in [0.5, 0.6) is 5.75 Å². The molecular weight excluding hydrogens is 462 g/mol. The molecular formula is C27H29N3O4S. The first-order valence-electron chi connectivity index (χ1n) is 11.5. The van der Waals surface area contributed by atoms with Crippen LogP contribution < -0.4 is 10.1 Å². The minimum Gasteiger partial charge on any atom is -0.484 e. The average Bonchev–Trinajstić information content (AvgIpc) is 3.27. The molecule has 182 valence electrons. The second-order valence-electron chi connectivity index (χ2n) is 8.51. The van der Waals surface area contributed by atoms with Crippen LogP contribution in [0.2, 0.25) is 0 Å². The van der Waals surface area contributed by atoms with E-state index in [2.05, 4.69) is 10.3 Å². The molecule has 2 aliphatic rings. The molecule has 1 atom stereocenters. The van der Waals surface area contributed by atoms with Crippen molar-refractivity contribution in [3.63, 3.8) is 0 Å². The molecule has 0 saturated carbocycles. The van der Waals surface area contributed by atoms with Gasteiger partial charge >= 0.3 is 5.97 Å². The second-order valence-corrected chi connectivity index (χ2v) is 9.38. The summed E-state index contributed by atoms with van der Waals surface area (Å²) in [4.78, 5) is 31.8. The fraction of sp³-hybridized carbons (Fsp3) is 0.296. The minimum atomic E-state index is -0.373. The van der Waals surface area contributed by atoms with Crippen molar-refractivity contribution in [2.75, 3.05) is 18.5 Å². The van der Waals surface area contributed by atoms with E-state index in [-0.39, 0.29) is 24.5 Å². The Morgan fingerprint density at radius 2 is 1.77 bits per heavy atom. The van der Waals surface area contributed by atoms with E-state index in [0.29, 0.717) is 23.6 Å². The molecule has 4 rings (SSSR count). The lowest BCUT2D eigenvalue weighted by Crippen LogP contribution is -2.34. The third-order valence-corrected chi connectivity index (χ3v) is 6.59. The van der Waals surface area contributed by atoms with Gasteiger partial charge in [0.2, 0.25) is 0 Å². The van der Waals surface area contributed by atoms with Crippen LogP contribution in [0, 0.1) is 20.8 Å². The summed E-state index contributed by atoms with van der Waals surface area (Å²) in [7, 11) is 0. The number of benzene rings is 2. The van der Waals surface area contributed by atoms with Crippen molar-refractivity contribution in [3.05, 3.63) is 81.5 Å². The number of carbonyl (C=O) groups is 2. The number of esters is 1. The van der Waals surface area contributed by atoms with Crippen molar-refractivity contribution in [3.8, 4) is 5.75 Å². The highest BCUT2D eigenvalue weighted by Crippen LogP contribution is 2.41. The summed E-state index contributed by atoms with van der Waals surface area (Å²) in [6.07, 6.45) is 1.92. The number of ether oxygens (including phenoxy) is 2. The number of hydrogen-bond acceptors (Lipinski definition) is 7. The second kappa shape index (κ2) is 10.4. The van der Waals surface area contributed by atoms with Gasteiger partial charge in [-0.2, -0.15) is 0 Å². The van der Waals surface area contributed by atoms with Crippen molar-refractivity contribution >= 4 is 34.5 Å². The first kappa shape index (κ1) is 24.6. The Morgan fingerprint density at radius 1 is 1.09 bits per heavy atom. The number of carbonyl (C=O) groups excluding carboxylic acids is 2. The van der Waals surface area contributed by atoms with Gasteiger partial charge in [-0.05, 0) is 68.8 Å². The zero-order valence-electron chi connectivity index (χ0n) is 20.5. The van der Waals surface area contributed by atoms with Crippen LogP contribution in [-0.2, 0) is 14.3 Å². The predicted molar refractivity (Wildman–Crippen MR) is 139 cm³/mol. The number of nitrogens with one attached hydrogen (secondary N) is 1. The molecule has 0 saturated heterocycles. The van der Waals surface area contributed by atoms with E-state index >= 15 is 0 Å². The molecule has 0 bridgehead atoms. The molecule has 1 amide bonds. The quantitative estimate of drug-likeness (QED) is 0.523. The Bertz CT molecular complexity index is 1220. The normalized spacial score (nSPS) is 16.7. The summed E-state index contributed by atoms with van der Waals surface area (Å²) < 4.78 is 11.1. The summed E-state index contributed by atoms with van der Waals surface area (Å²) in [6.45, 7) is 9.79. The molecule has 2 heterocycles.